The molecule has 0 saturated carbocycles. The van der Waals surface area contributed by atoms with Gasteiger partial charge in [-0.05, 0) is 36.1 Å². The number of carbonyl (C=O) groups excluding carboxylic acids is 2. The Hall–Kier alpha value is -3.47. The summed E-state index contributed by atoms with van der Waals surface area (Å²) in [5.74, 6) is -1.34. The van der Waals surface area contributed by atoms with E-state index in [1.54, 1.807) is 17.0 Å². The fraction of sp³-hybridized carbons (Fsp3) is 0.231. The van der Waals surface area contributed by atoms with Gasteiger partial charge in [0.15, 0.2) is 0 Å². The minimum atomic E-state index is -0.546. The van der Waals surface area contributed by atoms with E-state index in [9.17, 15) is 14.0 Å². The van der Waals surface area contributed by atoms with Crippen LogP contribution in [0.4, 0.5) is 4.39 Å². The van der Waals surface area contributed by atoms with Crippen molar-refractivity contribution in [3.05, 3.63) is 107 Å². The Morgan fingerprint density at radius 1 is 0.871 bits per heavy atom. The first kappa shape index (κ1) is 20.8. The van der Waals surface area contributed by atoms with Gasteiger partial charge in [0.2, 0.25) is 5.91 Å². The van der Waals surface area contributed by atoms with Crippen molar-refractivity contribution in [1.29, 1.82) is 0 Å². The van der Waals surface area contributed by atoms with Gasteiger partial charge in [-0.1, -0.05) is 72.8 Å². The molecule has 0 bridgehead atoms. The maximum absolute atomic E-state index is 14.4. The van der Waals surface area contributed by atoms with E-state index >= 15 is 0 Å². The van der Waals surface area contributed by atoms with E-state index in [0.29, 0.717) is 19.4 Å². The van der Waals surface area contributed by atoms with Crippen LogP contribution in [0.3, 0.4) is 0 Å². The summed E-state index contributed by atoms with van der Waals surface area (Å²) in [7, 11) is 0. The highest BCUT2D eigenvalue weighted by atomic mass is 19.1. The highest BCUT2D eigenvalue weighted by molar-refractivity contribution is 5.95. The molecule has 1 N–H and O–H groups in total. The second kappa shape index (κ2) is 9.56. The summed E-state index contributed by atoms with van der Waals surface area (Å²) >= 11 is 0. The number of carbonyl (C=O) groups is 2. The number of hydrogen-bond acceptors (Lipinski definition) is 2. The van der Waals surface area contributed by atoms with Crippen molar-refractivity contribution in [3.8, 4) is 0 Å². The van der Waals surface area contributed by atoms with Gasteiger partial charge in [-0.25, -0.2) is 4.39 Å². The number of nitrogens with zero attached hydrogens (tertiary/aromatic N) is 1. The Bertz CT molecular complexity index is 1040. The molecule has 158 valence electrons. The van der Waals surface area contributed by atoms with E-state index in [-0.39, 0.29) is 35.9 Å². The third kappa shape index (κ3) is 4.82. The summed E-state index contributed by atoms with van der Waals surface area (Å²) in [5, 5.41) is 2.98. The SMILES string of the molecule is O=C(NCc1ccccc1)[C@H]1CC[C@@H](c2ccccc2)N(C(=O)c2ccccc2F)C1. The lowest BCUT2D eigenvalue weighted by Gasteiger charge is -2.39. The summed E-state index contributed by atoms with van der Waals surface area (Å²) < 4.78 is 14.4. The number of halogens is 1. The third-order valence-electron chi connectivity index (χ3n) is 5.81. The number of likely N-dealkylation sites (tertiary alicyclic amines) is 1. The maximum Gasteiger partial charge on any atom is 0.257 e. The average molecular weight is 416 g/mol. The minimum absolute atomic E-state index is 0.0359. The van der Waals surface area contributed by atoms with Gasteiger partial charge in [0.05, 0.1) is 17.5 Å². The topological polar surface area (TPSA) is 49.4 Å². The van der Waals surface area contributed by atoms with Gasteiger partial charge in [-0.15, -0.1) is 0 Å². The molecule has 31 heavy (non-hydrogen) atoms. The van der Waals surface area contributed by atoms with Gasteiger partial charge in [0.25, 0.3) is 5.91 Å². The van der Waals surface area contributed by atoms with Crippen molar-refractivity contribution in [2.75, 3.05) is 6.54 Å². The van der Waals surface area contributed by atoms with Crippen LogP contribution in [0.25, 0.3) is 0 Å². The Labute approximate surface area is 181 Å². The number of rotatable bonds is 5. The minimum Gasteiger partial charge on any atom is -0.352 e. The van der Waals surface area contributed by atoms with Crippen LogP contribution in [0.15, 0.2) is 84.9 Å². The molecule has 5 heteroatoms. The molecule has 1 saturated heterocycles. The Kier molecular flexibility index (Phi) is 6.41. The Morgan fingerprint density at radius 3 is 2.23 bits per heavy atom. The predicted octanol–water partition coefficient (Wildman–Crippen LogP) is 4.74. The molecule has 3 aromatic carbocycles. The molecule has 1 fully saturated rings. The van der Waals surface area contributed by atoms with Crippen LogP contribution in [-0.2, 0) is 11.3 Å². The lowest BCUT2D eigenvalue weighted by Crippen LogP contribution is -2.47. The van der Waals surface area contributed by atoms with Crippen LogP contribution in [0.1, 0.15) is 40.4 Å². The van der Waals surface area contributed by atoms with Gasteiger partial charge in [0, 0.05) is 13.1 Å². The standard InChI is InChI=1S/C26H25FN2O2/c27-23-14-8-7-13-22(23)26(31)29-18-21(15-16-24(29)20-11-5-2-6-12-20)25(30)28-17-19-9-3-1-4-10-19/h1-14,21,24H,15-18H2,(H,28,30)/t21-,24-/m0/s1. The van der Waals surface area contributed by atoms with Gasteiger partial charge in [-0.3, -0.25) is 9.59 Å². The molecule has 1 aliphatic rings. The zero-order valence-electron chi connectivity index (χ0n) is 17.2. The molecule has 0 aromatic heterocycles. The van der Waals surface area contributed by atoms with E-state index in [0.717, 1.165) is 11.1 Å². The van der Waals surface area contributed by atoms with Crippen molar-refractivity contribution in [1.82, 2.24) is 10.2 Å². The van der Waals surface area contributed by atoms with Crippen LogP contribution in [-0.4, -0.2) is 23.3 Å². The van der Waals surface area contributed by atoms with E-state index in [2.05, 4.69) is 5.32 Å². The molecule has 1 heterocycles. The fourth-order valence-corrected chi connectivity index (χ4v) is 4.15. The number of piperidine rings is 1. The molecule has 3 aromatic rings. The largest absolute Gasteiger partial charge is 0.352 e. The van der Waals surface area contributed by atoms with Gasteiger partial charge in [0.1, 0.15) is 5.82 Å². The lowest BCUT2D eigenvalue weighted by molar-refractivity contribution is -0.127. The smallest absolute Gasteiger partial charge is 0.257 e. The number of nitrogens with one attached hydrogen (secondary N) is 1. The van der Waals surface area contributed by atoms with Crippen molar-refractivity contribution >= 4 is 11.8 Å². The molecule has 4 rings (SSSR count). The molecule has 2 atom stereocenters. The summed E-state index contributed by atoms with van der Waals surface area (Å²) in [5.41, 5.74) is 2.05. The van der Waals surface area contributed by atoms with Crippen LogP contribution in [0, 0.1) is 11.7 Å². The van der Waals surface area contributed by atoms with Crippen LogP contribution in [0.2, 0.25) is 0 Å². The first-order valence-electron chi connectivity index (χ1n) is 10.6. The van der Waals surface area contributed by atoms with Crippen molar-refractivity contribution in [3.63, 3.8) is 0 Å². The van der Waals surface area contributed by atoms with Crippen LogP contribution in [0.5, 0.6) is 0 Å². The normalized spacial score (nSPS) is 18.4. The summed E-state index contributed by atoms with van der Waals surface area (Å²) in [6.07, 6.45) is 1.31. The molecule has 2 amide bonds. The zero-order valence-corrected chi connectivity index (χ0v) is 17.2. The highest BCUT2D eigenvalue weighted by Gasteiger charge is 2.36. The highest BCUT2D eigenvalue weighted by Crippen LogP contribution is 2.35. The molecule has 0 radical (unpaired) electrons. The first-order valence-corrected chi connectivity index (χ1v) is 10.6. The van der Waals surface area contributed by atoms with E-state index < -0.39 is 5.82 Å². The molecule has 1 aliphatic heterocycles. The Morgan fingerprint density at radius 2 is 1.52 bits per heavy atom. The van der Waals surface area contributed by atoms with E-state index in [1.165, 1.54) is 12.1 Å². The van der Waals surface area contributed by atoms with Crippen LogP contribution < -0.4 is 5.32 Å². The van der Waals surface area contributed by atoms with Gasteiger partial charge >= 0.3 is 0 Å². The lowest BCUT2D eigenvalue weighted by atomic mass is 9.87. The van der Waals surface area contributed by atoms with Crippen molar-refractivity contribution < 1.29 is 14.0 Å². The Balaban J connectivity index is 1.54. The molecule has 0 spiro atoms. The molecule has 0 aliphatic carbocycles. The van der Waals surface area contributed by atoms with E-state index in [4.69, 9.17) is 0 Å². The van der Waals surface area contributed by atoms with Gasteiger partial charge in [-0.2, -0.15) is 0 Å². The predicted molar refractivity (Wildman–Crippen MR) is 118 cm³/mol. The second-order valence-corrected chi connectivity index (χ2v) is 7.84. The number of benzene rings is 3. The van der Waals surface area contributed by atoms with Gasteiger partial charge < -0.3 is 10.2 Å². The molecular weight excluding hydrogens is 391 g/mol. The maximum atomic E-state index is 14.4. The van der Waals surface area contributed by atoms with E-state index in [1.807, 2.05) is 60.7 Å². The molecule has 0 unspecified atom stereocenters. The summed E-state index contributed by atoms with van der Waals surface area (Å²) in [6, 6.07) is 25.3. The fourth-order valence-electron chi connectivity index (χ4n) is 4.15. The summed E-state index contributed by atoms with van der Waals surface area (Å²) in [6.45, 7) is 0.701. The third-order valence-corrected chi connectivity index (χ3v) is 5.81. The average Bonchev–Trinajstić information content (AvgIpc) is 2.83. The molecular formula is C26H25FN2O2. The van der Waals surface area contributed by atoms with Crippen molar-refractivity contribution in [2.45, 2.75) is 25.4 Å². The summed E-state index contributed by atoms with van der Waals surface area (Å²) in [4.78, 5) is 27.8. The first-order chi connectivity index (χ1) is 15.1. The quantitative estimate of drug-likeness (QED) is 0.653. The number of hydrogen-bond donors (Lipinski definition) is 1. The van der Waals surface area contributed by atoms with Crippen LogP contribution >= 0.6 is 0 Å². The molecule has 4 nitrogen and oxygen atoms in total. The van der Waals surface area contributed by atoms with Crippen molar-refractivity contribution in [2.24, 2.45) is 5.92 Å². The number of amides is 2. The second-order valence-electron chi connectivity index (χ2n) is 7.84. The monoisotopic (exact) mass is 416 g/mol. The zero-order chi connectivity index (χ0) is 21.6.